The first-order valence-corrected chi connectivity index (χ1v) is 8.60. The van der Waals surface area contributed by atoms with Crippen molar-refractivity contribution in [2.24, 2.45) is 0 Å². The Bertz CT molecular complexity index is 1200. The Morgan fingerprint density at radius 3 is 2.45 bits per heavy atom. The summed E-state index contributed by atoms with van der Waals surface area (Å²) in [6.45, 7) is 1.42. The van der Waals surface area contributed by atoms with Gasteiger partial charge < -0.3 is 5.32 Å². The highest BCUT2D eigenvalue weighted by atomic mass is 19.4. The number of aromatic nitrogens is 4. The van der Waals surface area contributed by atoms with Crippen molar-refractivity contribution in [3.05, 3.63) is 72.1 Å². The maximum absolute atomic E-state index is 13.0. The molecule has 6 nitrogen and oxygen atoms in total. The number of halogens is 3. The van der Waals surface area contributed by atoms with E-state index in [0.717, 1.165) is 6.07 Å². The molecule has 0 aliphatic carbocycles. The first-order chi connectivity index (χ1) is 13.8. The van der Waals surface area contributed by atoms with E-state index in [-0.39, 0.29) is 23.1 Å². The third-order valence-electron chi connectivity index (χ3n) is 4.20. The highest BCUT2D eigenvalue weighted by Gasteiger charge is 2.32. The number of nitrogens with one attached hydrogen (secondary N) is 1. The van der Waals surface area contributed by atoms with Crippen LogP contribution in [-0.2, 0) is 6.18 Å². The lowest BCUT2D eigenvalue weighted by Crippen LogP contribution is -2.10. The second-order valence-corrected chi connectivity index (χ2v) is 6.26. The standard InChI is InChI=1S/C20H14F3N5O/c1-12(29)14-10-11-28-17(14)19(24-13-6-3-2-4-7-13)26-18(27-28)15-8-5-9-16(25-15)20(21,22)23/h2-11H,1H3,(H,24,26,27). The third kappa shape index (κ3) is 3.66. The van der Waals surface area contributed by atoms with Crippen molar-refractivity contribution >= 4 is 22.8 Å². The van der Waals surface area contributed by atoms with Crippen LogP contribution in [0.25, 0.3) is 17.0 Å². The molecule has 1 N–H and O–H groups in total. The van der Waals surface area contributed by atoms with E-state index in [2.05, 4.69) is 20.4 Å². The van der Waals surface area contributed by atoms with E-state index in [1.54, 1.807) is 24.4 Å². The number of rotatable bonds is 4. The van der Waals surface area contributed by atoms with Gasteiger partial charge in [0.1, 0.15) is 16.9 Å². The average Bonchev–Trinajstić information content (AvgIpc) is 3.13. The molecular weight excluding hydrogens is 383 g/mol. The van der Waals surface area contributed by atoms with Crippen molar-refractivity contribution in [3.8, 4) is 11.5 Å². The Morgan fingerprint density at radius 1 is 1.00 bits per heavy atom. The largest absolute Gasteiger partial charge is 0.433 e. The zero-order valence-electron chi connectivity index (χ0n) is 15.1. The lowest BCUT2D eigenvalue weighted by molar-refractivity contribution is -0.141. The Labute approximate surface area is 163 Å². The number of pyridine rings is 1. The minimum atomic E-state index is -4.58. The van der Waals surface area contributed by atoms with Gasteiger partial charge in [0, 0.05) is 17.4 Å². The SMILES string of the molecule is CC(=O)c1ccn2nc(-c3cccc(C(F)(F)F)n3)nc(Nc3ccccc3)c12. The number of carbonyl (C=O) groups excluding carboxylic acids is 1. The number of Topliss-reactive ketones (excluding diaryl/α,β-unsaturated/α-hetero) is 1. The van der Waals surface area contributed by atoms with Gasteiger partial charge in [-0.1, -0.05) is 24.3 Å². The molecule has 0 aliphatic heterocycles. The Hall–Kier alpha value is -3.75. The molecule has 4 aromatic rings. The smallest absolute Gasteiger partial charge is 0.338 e. The van der Waals surface area contributed by atoms with Gasteiger partial charge >= 0.3 is 6.18 Å². The summed E-state index contributed by atoms with van der Waals surface area (Å²) in [7, 11) is 0. The summed E-state index contributed by atoms with van der Waals surface area (Å²) in [5.41, 5.74) is 0.458. The van der Waals surface area contributed by atoms with Crippen molar-refractivity contribution in [3.63, 3.8) is 0 Å². The molecule has 4 rings (SSSR count). The van der Waals surface area contributed by atoms with Crippen LogP contribution >= 0.6 is 0 Å². The zero-order valence-corrected chi connectivity index (χ0v) is 15.1. The van der Waals surface area contributed by atoms with Crippen molar-refractivity contribution in [1.82, 2.24) is 19.6 Å². The van der Waals surface area contributed by atoms with E-state index in [4.69, 9.17) is 0 Å². The van der Waals surface area contributed by atoms with Gasteiger partial charge in [0.15, 0.2) is 11.6 Å². The van der Waals surface area contributed by atoms with E-state index in [1.165, 1.54) is 23.6 Å². The molecule has 0 bridgehead atoms. The van der Waals surface area contributed by atoms with Gasteiger partial charge in [-0.3, -0.25) is 4.79 Å². The van der Waals surface area contributed by atoms with Crippen LogP contribution in [0.1, 0.15) is 23.0 Å². The molecule has 0 atom stereocenters. The molecule has 0 unspecified atom stereocenters. The highest BCUT2D eigenvalue weighted by Crippen LogP contribution is 2.30. The molecule has 0 fully saturated rings. The first-order valence-electron chi connectivity index (χ1n) is 8.60. The summed E-state index contributed by atoms with van der Waals surface area (Å²) in [6, 6.07) is 14.2. The number of carbonyl (C=O) groups is 1. The summed E-state index contributed by atoms with van der Waals surface area (Å²) in [5.74, 6) is 0.0977. The molecule has 0 spiro atoms. The van der Waals surface area contributed by atoms with E-state index >= 15 is 0 Å². The molecule has 3 heterocycles. The van der Waals surface area contributed by atoms with Crippen LogP contribution in [0.5, 0.6) is 0 Å². The van der Waals surface area contributed by atoms with E-state index in [9.17, 15) is 18.0 Å². The Kier molecular flexibility index (Phi) is 4.50. The topological polar surface area (TPSA) is 72.2 Å². The van der Waals surface area contributed by atoms with Crippen LogP contribution in [0.3, 0.4) is 0 Å². The van der Waals surface area contributed by atoms with Crippen molar-refractivity contribution in [2.45, 2.75) is 13.1 Å². The molecule has 0 amide bonds. The van der Waals surface area contributed by atoms with Crippen LogP contribution < -0.4 is 5.32 Å². The van der Waals surface area contributed by atoms with Crippen LogP contribution in [-0.4, -0.2) is 25.4 Å². The lowest BCUT2D eigenvalue weighted by atomic mass is 10.2. The monoisotopic (exact) mass is 397 g/mol. The van der Waals surface area contributed by atoms with Crippen LogP contribution in [0.15, 0.2) is 60.8 Å². The number of para-hydroxylation sites is 1. The summed E-state index contributed by atoms with van der Waals surface area (Å²) < 4.78 is 40.5. The molecule has 1 aromatic carbocycles. The predicted octanol–water partition coefficient (Wildman–Crippen LogP) is 4.76. The van der Waals surface area contributed by atoms with Crippen LogP contribution in [0.4, 0.5) is 24.7 Å². The fourth-order valence-electron chi connectivity index (χ4n) is 2.88. The number of nitrogens with zero attached hydrogens (tertiary/aromatic N) is 4. The van der Waals surface area contributed by atoms with Gasteiger partial charge in [0.05, 0.1) is 0 Å². The molecule has 3 aromatic heterocycles. The van der Waals surface area contributed by atoms with Gasteiger partial charge in [0.2, 0.25) is 5.82 Å². The van der Waals surface area contributed by atoms with E-state index < -0.39 is 11.9 Å². The normalized spacial score (nSPS) is 11.6. The number of alkyl halides is 3. The fraction of sp³-hybridized carbons (Fsp3) is 0.100. The number of benzene rings is 1. The molecule has 9 heteroatoms. The van der Waals surface area contributed by atoms with Gasteiger partial charge in [-0.2, -0.15) is 13.2 Å². The quantitative estimate of drug-likeness (QED) is 0.503. The van der Waals surface area contributed by atoms with Gasteiger partial charge in [0.25, 0.3) is 0 Å². The maximum Gasteiger partial charge on any atom is 0.433 e. The number of anilines is 2. The molecule has 0 saturated carbocycles. The highest BCUT2D eigenvalue weighted by molar-refractivity contribution is 6.04. The molecule has 0 radical (unpaired) electrons. The number of hydrogen-bond acceptors (Lipinski definition) is 5. The summed E-state index contributed by atoms with van der Waals surface area (Å²) in [4.78, 5) is 20.0. The zero-order chi connectivity index (χ0) is 20.6. The Balaban J connectivity index is 1.90. The minimum absolute atomic E-state index is 0.00673. The van der Waals surface area contributed by atoms with Crippen molar-refractivity contribution in [1.29, 1.82) is 0 Å². The van der Waals surface area contributed by atoms with Crippen molar-refractivity contribution < 1.29 is 18.0 Å². The lowest BCUT2D eigenvalue weighted by Gasteiger charge is -2.11. The van der Waals surface area contributed by atoms with Crippen LogP contribution in [0.2, 0.25) is 0 Å². The van der Waals surface area contributed by atoms with Gasteiger partial charge in [-0.25, -0.2) is 14.5 Å². The van der Waals surface area contributed by atoms with Gasteiger partial charge in [-0.05, 0) is 37.3 Å². The van der Waals surface area contributed by atoms with E-state index in [1.807, 2.05) is 18.2 Å². The molecule has 0 aliphatic rings. The predicted molar refractivity (Wildman–Crippen MR) is 101 cm³/mol. The van der Waals surface area contributed by atoms with E-state index in [0.29, 0.717) is 16.8 Å². The summed E-state index contributed by atoms with van der Waals surface area (Å²) >= 11 is 0. The molecule has 29 heavy (non-hydrogen) atoms. The van der Waals surface area contributed by atoms with Crippen molar-refractivity contribution in [2.75, 3.05) is 5.32 Å². The molecule has 0 saturated heterocycles. The number of hydrogen-bond donors (Lipinski definition) is 1. The first kappa shape index (κ1) is 18.6. The minimum Gasteiger partial charge on any atom is -0.338 e. The third-order valence-corrected chi connectivity index (χ3v) is 4.20. The summed E-state index contributed by atoms with van der Waals surface area (Å²) in [6.07, 6.45) is -3.03. The molecule has 146 valence electrons. The van der Waals surface area contributed by atoms with Crippen LogP contribution in [0, 0.1) is 0 Å². The second-order valence-electron chi connectivity index (χ2n) is 6.26. The maximum atomic E-state index is 13.0. The number of fused-ring (bicyclic) bond motifs is 1. The average molecular weight is 397 g/mol. The Morgan fingerprint density at radius 2 is 1.76 bits per heavy atom. The summed E-state index contributed by atoms with van der Waals surface area (Å²) in [5, 5.41) is 7.37. The van der Waals surface area contributed by atoms with Gasteiger partial charge in [-0.15, -0.1) is 5.10 Å². The molecular formula is C20H14F3N5O. The second kappa shape index (κ2) is 7.01. The fourth-order valence-corrected chi connectivity index (χ4v) is 2.88. The number of ketones is 1.